The van der Waals surface area contributed by atoms with Gasteiger partial charge < -0.3 is 52.7 Å². The van der Waals surface area contributed by atoms with Crippen molar-refractivity contribution >= 4 is 6.09 Å². The smallest absolute Gasteiger partial charge is 0.407 e. The molecule has 0 aromatic heterocycles. The molecule has 0 aliphatic heterocycles. The second-order valence-electron chi connectivity index (χ2n) is 9.49. The molecule has 0 fully saturated rings. The molecule has 0 saturated carbocycles. The van der Waals surface area contributed by atoms with Crippen LogP contribution in [0.1, 0.15) is 20.8 Å². The molecule has 0 aliphatic carbocycles. The van der Waals surface area contributed by atoms with Crippen molar-refractivity contribution in [1.82, 2.24) is 5.32 Å². The molecule has 1 aromatic carbocycles. The SMILES string of the molecule is CC(C)(C)OC(=O)NCCOCCOCCOCCOCCOCCOCCOCCOCCOc1ccccc1. The van der Waals surface area contributed by atoms with Crippen LogP contribution in [0.2, 0.25) is 0 Å². The van der Waals surface area contributed by atoms with Gasteiger partial charge in [-0.15, -0.1) is 0 Å². The number of rotatable bonds is 28. The predicted octanol–water partition coefficient (Wildman–Crippen LogP) is 2.72. The summed E-state index contributed by atoms with van der Waals surface area (Å²) in [5, 5.41) is 2.63. The maximum absolute atomic E-state index is 11.5. The van der Waals surface area contributed by atoms with E-state index in [1.165, 1.54) is 0 Å². The van der Waals surface area contributed by atoms with Crippen LogP contribution in [0.3, 0.4) is 0 Å². The molecule has 1 aromatic rings. The molecule has 1 N–H and O–H groups in total. The van der Waals surface area contributed by atoms with Crippen LogP contribution in [-0.4, -0.2) is 131 Å². The van der Waals surface area contributed by atoms with Crippen LogP contribution in [0.5, 0.6) is 5.75 Å². The number of benzene rings is 1. The highest BCUT2D eigenvalue weighted by molar-refractivity contribution is 5.67. The number of para-hydroxylation sites is 1. The van der Waals surface area contributed by atoms with E-state index in [4.69, 9.17) is 47.4 Å². The van der Waals surface area contributed by atoms with Crippen molar-refractivity contribution in [2.75, 3.05) is 119 Å². The summed E-state index contributed by atoms with van der Waals surface area (Å²) in [5.41, 5.74) is -0.508. The average Bonchev–Trinajstić information content (AvgIpc) is 2.94. The Hall–Kier alpha value is -2.03. The van der Waals surface area contributed by atoms with E-state index < -0.39 is 11.7 Å². The van der Waals surface area contributed by atoms with Crippen LogP contribution in [0.15, 0.2) is 30.3 Å². The van der Waals surface area contributed by atoms with Gasteiger partial charge in [0.15, 0.2) is 0 Å². The first-order valence-electron chi connectivity index (χ1n) is 14.2. The predicted molar refractivity (Wildman–Crippen MR) is 153 cm³/mol. The normalized spacial score (nSPS) is 11.5. The molecular weight excluding hydrogens is 538 g/mol. The monoisotopic (exact) mass is 589 g/mol. The fourth-order valence-corrected chi connectivity index (χ4v) is 2.92. The van der Waals surface area contributed by atoms with Gasteiger partial charge in [0, 0.05) is 6.54 Å². The van der Waals surface area contributed by atoms with E-state index in [2.05, 4.69) is 5.32 Å². The minimum Gasteiger partial charge on any atom is -0.491 e. The molecule has 0 radical (unpaired) electrons. The first-order chi connectivity index (χ1) is 20.0. The Bertz CT molecular complexity index is 704. The van der Waals surface area contributed by atoms with E-state index in [9.17, 15) is 4.79 Å². The van der Waals surface area contributed by atoms with Gasteiger partial charge >= 0.3 is 6.09 Å². The number of carbonyl (C=O) groups is 1. The third-order valence-electron chi connectivity index (χ3n) is 4.76. The Labute approximate surface area is 245 Å². The Morgan fingerprint density at radius 2 is 0.878 bits per heavy atom. The van der Waals surface area contributed by atoms with Gasteiger partial charge in [0.2, 0.25) is 0 Å². The number of alkyl carbamates (subject to hydrolysis) is 1. The first kappa shape index (κ1) is 37.0. The Balaban J connectivity index is 1.65. The summed E-state index contributed by atoms with van der Waals surface area (Å²) < 4.78 is 54.2. The van der Waals surface area contributed by atoms with Gasteiger partial charge in [-0.2, -0.15) is 0 Å². The van der Waals surface area contributed by atoms with E-state index in [0.717, 1.165) is 5.75 Å². The molecule has 0 saturated heterocycles. The summed E-state index contributed by atoms with van der Waals surface area (Å²) in [6.45, 7) is 14.2. The van der Waals surface area contributed by atoms with E-state index in [-0.39, 0.29) is 0 Å². The van der Waals surface area contributed by atoms with Crippen molar-refractivity contribution < 1.29 is 52.2 Å². The van der Waals surface area contributed by atoms with E-state index in [0.29, 0.717) is 119 Å². The molecule has 0 bridgehead atoms. The number of carbonyl (C=O) groups excluding carboxylic acids is 1. The summed E-state index contributed by atoms with van der Waals surface area (Å²) in [7, 11) is 0. The molecule has 0 heterocycles. The van der Waals surface area contributed by atoms with Crippen LogP contribution in [-0.2, 0) is 42.6 Å². The highest BCUT2D eigenvalue weighted by Gasteiger charge is 2.15. The number of nitrogens with one attached hydrogen (secondary N) is 1. The molecule has 0 spiro atoms. The lowest BCUT2D eigenvalue weighted by atomic mass is 10.2. The maximum Gasteiger partial charge on any atom is 0.407 e. The van der Waals surface area contributed by atoms with Gasteiger partial charge in [-0.3, -0.25) is 0 Å². The molecule has 1 amide bonds. The number of hydrogen-bond acceptors (Lipinski definition) is 11. The summed E-state index contributed by atoms with van der Waals surface area (Å²) in [6, 6.07) is 9.66. The van der Waals surface area contributed by atoms with Gasteiger partial charge in [0.25, 0.3) is 0 Å². The van der Waals surface area contributed by atoms with E-state index in [1.807, 2.05) is 51.1 Å². The fraction of sp³-hybridized carbons (Fsp3) is 0.759. The quantitative estimate of drug-likeness (QED) is 0.145. The third kappa shape index (κ3) is 27.9. The Morgan fingerprint density at radius 3 is 1.24 bits per heavy atom. The van der Waals surface area contributed by atoms with Crippen LogP contribution in [0, 0.1) is 0 Å². The van der Waals surface area contributed by atoms with Gasteiger partial charge in [-0.1, -0.05) is 18.2 Å². The number of hydrogen-bond donors (Lipinski definition) is 1. The van der Waals surface area contributed by atoms with Crippen molar-refractivity contribution in [3.8, 4) is 5.75 Å². The van der Waals surface area contributed by atoms with Gasteiger partial charge in [-0.25, -0.2) is 4.79 Å². The number of amides is 1. The van der Waals surface area contributed by atoms with Crippen LogP contribution < -0.4 is 10.1 Å². The summed E-state index contributed by atoms with van der Waals surface area (Å²) in [6.07, 6.45) is -0.450. The molecular formula is C29H51NO11. The fourth-order valence-electron chi connectivity index (χ4n) is 2.92. The van der Waals surface area contributed by atoms with Crippen LogP contribution in [0.25, 0.3) is 0 Å². The summed E-state index contributed by atoms with van der Waals surface area (Å²) >= 11 is 0. The van der Waals surface area contributed by atoms with Crippen molar-refractivity contribution in [2.45, 2.75) is 26.4 Å². The highest BCUT2D eigenvalue weighted by atomic mass is 16.6. The minimum atomic E-state index is -0.508. The maximum atomic E-state index is 11.5. The van der Waals surface area contributed by atoms with Crippen molar-refractivity contribution in [3.05, 3.63) is 30.3 Å². The second kappa shape index (κ2) is 26.8. The lowest BCUT2D eigenvalue weighted by Crippen LogP contribution is -2.34. The van der Waals surface area contributed by atoms with Crippen molar-refractivity contribution in [2.24, 2.45) is 0 Å². The first-order valence-corrected chi connectivity index (χ1v) is 14.2. The molecule has 0 aliphatic rings. The minimum absolute atomic E-state index is 0.386. The van der Waals surface area contributed by atoms with E-state index >= 15 is 0 Å². The van der Waals surface area contributed by atoms with Crippen LogP contribution in [0.4, 0.5) is 4.79 Å². The van der Waals surface area contributed by atoms with Gasteiger partial charge in [-0.05, 0) is 32.9 Å². The zero-order valence-electron chi connectivity index (χ0n) is 25.1. The molecule has 12 heteroatoms. The van der Waals surface area contributed by atoms with Gasteiger partial charge in [0.05, 0.1) is 106 Å². The molecule has 12 nitrogen and oxygen atoms in total. The largest absolute Gasteiger partial charge is 0.491 e. The molecule has 238 valence electrons. The zero-order chi connectivity index (χ0) is 29.7. The summed E-state index contributed by atoms with van der Waals surface area (Å²) in [4.78, 5) is 11.5. The van der Waals surface area contributed by atoms with Crippen molar-refractivity contribution in [3.63, 3.8) is 0 Å². The lowest BCUT2D eigenvalue weighted by molar-refractivity contribution is -0.0235. The highest BCUT2D eigenvalue weighted by Crippen LogP contribution is 2.07. The van der Waals surface area contributed by atoms with E-state index in [1.54, 1.807) is 0 Å². The summed E-state index contributed by atoms with van der Waals surface area (Å²) in [5.74, 6) is 0.841. The molecule has 41 heavy (non-hydrogen) atoms. The second-order valence-corrected chi connectivity index (χ2v) is 9.49. The van der Waals surface area contributed by atoms with Crippen LogP contribution >= 0.6 is 0 Å². The number of ether oxygens (including phenoxy) is 10. The molecule has 0 unspecified atom stereocenters. The molecule has 1 rings (SSSR count). The third-order valence-corrected chi connectivity index (χ3v) is 4.76. The van der Waals surface area contributed by atoms with Crippen molar-refractivity contribution in [1.29, 1.82) is 0 Å². The average molecular weight is 590 g/mol. The molecule has 0 atom stereocenters. The lowest BCUT2D eigenvalue weighted by Gasteiger charge is -2.19. The standard InChI is InChI=1S/C29H51NO11/c1-29(2,3)41-28(31)30-9-10-32-11-12-33-13-14-34-15-16-35-17-18-36-19-20-37-21-22-38-23-24-39-25-26-40-27-7-5-4-6-8-27/h4-8H,9-26H2,1-3H3,(H,30,31). The van der Waals surface area contributed by atoms with Gasteiger partial charge in [0.1, 0.15) is 18.0 Å². The topological polar surface area (TPSA) is 121 Å². The zero-order valence-corrected chi connectivity index (χ0v) is 25.1. The Morgan fingerprint density at radius 1 is 0.537 bits per heavy atom. The Kier molecular flexibility index (Phi) is 24.2.